The molecule has 0 aliphatic carbocycles. The van der Waals surface area contributed by atoms with Gasteiger partial charge in [-0.1, -0.05) is 65.4 Å². The monoisotopic (exact) mass is 154 g/mol. The Morgan fingerprint density at radius 1 is 1.27 bits per heavy atom. The summed E-state index contributed by atoms with van der Waals surface area (Å²) in [4.78, 5) is 0. The van der Waals surface area contributed by atoms with Crippen molar-refractivity contribution in [1.82, 2.24) is 0 Å². The molecule has 0 spiro atoms. The predicted octanol–water partition coefficient (Wildman–Crippen LogP) is 3.96. The molecule has 0 fully saturated rings. The fourth-order valence-corrected chi connectivity index (χ4v) is 1.37. The van der Waals surface area contributed by atoms with Crippen molar-refractivity contribution < 1.29 is 0 Å². The van der Waals surface area contributed by atoms with Gasteiger partial charge in [0.1, 0.15) is 6.71 Å². The third-order valence-electron chi connectivity index (χ3n) is 3.07. The van der Waals surface area contributed by atoms with Crippen molar-refractivity contribution in [3.05, 3.63) is 0 Å². The van der Waals surface area contributed by atoms with E-state index in [1.165, 1.54) is 12.7 Å². The minimum Gasteiger partial charge on any atom is -0.0856 e. The Bertz CT molecular complexity index is 105. The van der Waals surface area contributed by atoms with Gasteiger partial charge in [0.15, 0.2) is 0 Å². The molecule has 0 atom stereocenters. The van der Waals surface area contributed by atoms with Gasteiger partial charge in [-0.2, -0.15) is 0 Å². The molecule has 66 valence electrons. The van der Waals surface area contributed by atoms with Crippen LogP contribution in [0.5, 0.6) is 0 Å². The van der Waals surface area contributed by atoms with E-state index in [-0.39, 0.29) is 0 Å². The van der Waals surface area contributed by atoms with Crippen molar-refractivity contribution in [3.63, 3.8) is 0 Å². The van der Waals surface area contributed by atoms with Gasteiger partial charge >= 0.3 is 0 Å². The summed E-state index contributed by atoms with van der Waals surface area (Å²) in [6.45, 7) is 14.9. The van der Waals surface area contributed by atoms with Gasteiger partial charge in [0.25, 0.3) is 0 Å². The largest absolute Gasteiger partial charge is 0.143 e. The summed E-state index contributed by atoms with van der Waals surface area (Å²) in [5.74, 6) is 0.843. The second kappa shape index (κ2) is 4.18. The highest BCUT2D eigenvalue weighted by Crippen LogP contribution is 2.35. The zero-order chi connectivity index (χ0) is 9.07. The molecule has 0 radical (unpaired) electrons. The summed E-state index contributed by atoms with van der Waals surface area (Å²) in [5, 5.41) is 0.532. The van der Waals surface area contributed by atoms with E-state index in [1.54, 1.807) is 0 Å². The topological polar surface area (TPSA) is 0 Å². The van der Waals surface area contributed by atoms with E-state index in [0.29, 0.717) is 5.31 Å². The van der Waals surface area contributed by atoms with Crippen LogP contribution in [0.25, 0.3) is 0 Å². The van der Waals surface area contributed by atoms with Crippen LogP contribution in [-0.4, -0.2) is 6.71 Å². The molecule has 0 heterocycles. The molecule has 0 saturated carbocycles. The third kappa shape index (κ3) is 3.84. The molecule has 0 N–H and O–H groups in total. The van der Waals surface area contributed by atoms with Gasteiger partial charge in [-0.3, -0.25) is 0 Å². The first-order chi connectivity index (χ1) is 4.90. The second-order valence-corrected chi connectivity index (χ2v) is 4.87. The molecule has 0 unspecified atom stereocenters. The van der Waals surface area contributed by atoms with E-state index in [4.69, 9.17) is 0 Å². The van der Waals surface area contributed by atoms with Crippen molar-refractivity contribution in [2.75, 3.05) is 0 Å². The molecule has 0 amide bonds. The fourth-order valence-electron chi connectivity index (χ4n) is 1.37. The maximum absolute atomic E-state index is 2.38. The smallest absolute Gasteiger partial charge is 0.0856 e. The normalized spacial score (nSPS) is 12.3. The zero-order valence-corrected chi connectivity index (χ0v) is 9.07. The molecular weight excluding hydrogens is 131 g/mol. The number of hydrogen-bond donors (Lipinski definition) is 0. The lowest BCUT2D eigenvalue weighted by molar-refractivity contribution is 0.610. The van der Waals surface area contributed by atoms with Crippen LogP contribution in [0.3, 0.4) is 0 Å². The van der Waals surface area contributed by atoms with Gasteiger partial charge < -0.3 is 0 Å². The van der Waals surface area contributed by atoms with Crippen molar-refractivity contribution in [3.8, 4) is 0 Å². The Kier molecular flexibility index (Phi) is 4.21. The van der Waals surface area contributed by atoms with Crippen LogP contribution in [0, 0.1) is 5.92 Å². The first kappa shape index (κ1) is 11.1. The van der Waals surface area contributed by atoms with Gasteiger partial charge in [-0.15, -0.1) is 0 Å². The Labute approximate surface area is 72.8 Å². The van der Waals surface area contributed by atoms with Gasteiger partial charge in [0, 0.05) is 0 Å². The number of hydrogen-bond acceptors (Lipinski definition) is 0. The minimum absolute atomic E-state index is 0.532. The molecule has 0 aliphatic rings. The van der Waals surface area contributed by atoms with Crippen molar-refractivity contribution in [1.29, 1.82) is 0 Å². The highest BCUT2D eigenvalue weighted by Gasteiger charge is 2.26. The molecule has 1 heteroatoms. The highest BCUT2D eigenvalue weighted by atomic mass is 14.1. The molecule has 0 aliphatic heterocycles. The van der Waals surface area contributed by atoms with Crippen molar-refractivity contribution >= 4 is 6.71 Å². The summed E-state index contributed by atoms with van der Waals surface area (Å²) in [5.41, 5.74) is 0. The quantitative estimate of drug-likeness (QED) is 0.537. The summed E-state index contributed by atoms with van der Waals surface area (Å²) in [6, 6.07) is 0. The lowest BCUT2D eigenvalue weighted by atomic mass is 9.32. The molecule has 0 aromatic rings. The van der Waals surface area contributed by atoms with Crippen LogP contribution >= 0.6 is 0 Å². The lowest BCUT2D eigenvalue weighted by Gasteiger charge is -2.29. The number of rotatable bonds is 4. The Balaban J connectivity index is 3.90. The van der Waals surface area contributed by atoms with Gasteiger partial charge in [0.05, 0.1) is 0 Å². The van der Waals surface area contributed by atoms with Crippen LogP contribution in [0.1, 0.15) is 41.0 Å². The van der Waals surface area contributed by atoms with Gasteiger partial charge in [-0.05, 0) is 0 Å². The van der Waals surface area contributed by atoms with Crippen LogP contribution in [-0.2, 0) is 0 Å². The van der Waals surface area contributed by atoms with Crippen LogP contribution < -0.4 is 0 Å². The molecular formula is C10H23B. The molecule has 0 rings (SSSR count). The lowest BCUT2D eigenvalue weighted by Crippen LogP contribution is -2.25. The van der Waals surface area contributed by atoms with E-state index in [1.807, 2.05) is 0 Å². The Morgan fingerprint density at radius 2 is 1.73 bits per heavy atom. The average Bonchev–Trinajstić information content (AvgIpc) is 1.86. The summed E-state index contributed by atoms with van der Waals surface area (Å²) in [6.07, 6.45) is 2.65. The first-order valence-electron chi connectivity index (χ1n) is 4.90. The van der Waals surface area contributed by atoms with Gasteiger partial charge in [-0.25, -0.2) is 0 Å². The fraction of sp³-hybridized carbons (Fsp3) is 1.00. The van der Waals surface area contributed by atoms with Crippen molar-refractivity contribution in [2.24, 2.45) is 5.92 Å². The zero-order valence-electron chi connectivity index (χ0n) is 9.07. The van der Waals surface area contributed by atoms with Crippen LogP contribution in [0.4, 0.5) is 0 Å². The maximum Gasteiger partial charge on any atom is 0.143 e. The van der Waals surface area contributed by atoms with E-state index in [0.717, 1.165) is 12.6 Å². The highest BCUT2D eigenvalue weighted by molar-refractivity contribution is 6.60. The standard InChI is InChI=1S/C10H23B/c1-7-10(4,5)11(6)8-9(2)3/h9H,7-8H2,1-6H3. The summed E-state index contributed by atoms with van der Waals surface area (Å²) >= 11 is 0. The van der Waals surface area contributed by atoms with E-state index in [2.05, 4.69) is 41.4 Å². The molecule has 0 aromatic carbocycles. The van der Waals surface area contributed by atoms with Crippen LogP contribution in [0.15, 0.2) is 0 Å². The third-order valence-corrected chi connectivity index (χ3v) is 3.07. The molecule has 0 bridgehead atoms. The predicted molar refractivity (Wildman–Crippen MR) is 55.6 cm³/mol. The Hall–Kier alpha value is 0.0649. The molecule has 0 aromatic heterocycles. The molecule has 0 nitrogen and oxygen atoms in total. The van der Waals surface area contributed by atoms with Gasteiger partial charge in [0.2, 0.25) is 0 Å². The average molecular weight is 154 g/mol. The summed E-state index contributed by atoms with van der Waals surface area (Å²) < 4.78 is 0. The minimum atomic E-state index is 0.532. The molecule has 0 saturated heterocycles. The maximum atomic E-state index is 2.38. The van der Waals surface area contributed by atoms with E-state index >= 15 is 0 Å². The van der Waals surface area contributed by atoms with Crippen molar-refractivity contribution in [2.45, 2.75) is 59.5 Å². The summed E-state index contributed by atoms with van der Waals surface area (Å²) in [7, 11) is 0. The van der Waals surface area contributed by atoms with E-state index in [9.17, 15) is 0 Å². The Morgan fingerprint density at radius 3 is 2.00 bits per heavy atom. The molecule has 11 heavy (non-hydrogen) atoms. The second-order valence-electron chi connectivity index (χ2n) is 4.87. The van der Waals surface area contributed by atoms with E-state index < -0.39 is 0 Å². The first-order valence-corrected chi connectivity index (χ1v) is 4.90. The van der Waals surface area contributed by atoms with Crippen LogP contribution in [0.2, 0.25) is 18.5 Å². The SMILES string of the molecule is CCC(C)(C)B(C)CC(C)C.